The van der Waals surface area contributed by atoms with E-state index in [0.29, 0.717) is 0 Å². The fourth-order valence-corrected chi connectivity index (χ4v) is 3.05. The molecule has 0 saturated heterocycles. The topological polar surface area (TPSA) is 68.9 Å². The van der Waals surface area contributed by atoms with Crippen molar-refractivity contribution in [2.45, 2.75) is 18.4 Å². The highest BCUT2D eigenvalue weighted by Crippen LogP contribution is 2.43. The Balaban J connectivity index is 1.71. The van der Waals surface area contributed by atoms with E-state index in [0.717, 1.165) is 23.0 Å². The third-order valence-electron chi connectivity index (χ3n) is 4.16. The van der Waals surface area contributed by atoms with Crippen LogP contribution in [0.1, 0.15) is 28.7 Å². The van der Waals surface area contributed by atoms with Crippen molar-refractivity contribution in [2.75, 3.05) is 0 Å². The third kappa shape index (κ3) is 1.62. The van der Waals surface area contributed by atoms with Gasteiger partial charge in [0.15, 0.2) is 0 Å². The van der Waals surface area contributed by atoms with E-state index in [1.807, 2.05) is 30.3 Å². The molecule has 0 fully saturated rings. The van der Waals surface area contributed by atoms with Crippen LogP contribution in [0.5, 0.6) is 0 Å². The second-order valence-corrected chi connectivity index (χ2v) is 5.34. The SMILES string of the molecule is O=c1[nH]c2ccc(C(O)C3Cc4ccccc43)cc2[nH]1. The van der Waals surface area contributed by atoms with E-state index in [1.165, 1.54) is 11.1 Å². The Hall–Kier alpha value is -2.33. The zero-order chi connectivity index (χ0) is 13.7. The lowest BCUT2D eigenvalue weighted by Gasteiger charge is -2.34. The number of aliphatic hydroxyl groups is 1. The number of H-pyrrole nitrogens is 2. The Labute approximate surface area is 115 Å². The lowest BCUT2D eigenvalue weighted by Crippen LogP contribution is -2.23. The van der Waals surface area contributed by atoms with Crippen LogP contribution in [0, 0.1) is 0 Å². The lowest BCUT2D eigenvalue weighted by molar-refractivity contribution is 0.134. The molecule has 100 valence electrons. The van der Waals surface area contributed by atoms with Crippen molar-refractivity contribution in [3.63, 3.8) is 0 Å². The molecule has 4 nitrogen and oxygen atoms in total. The predicted octanol–water partition coefficient (Wildman–Crippen LogP) is 2.23. The first-order valence-corrected chi connectivity index (χ1v) is 6.70. The number of aromatic nitrogens is 2. The zero-order valence-electron chi connectivity index (χ0n) is 10.8. The molecule has 0 radical (unpaired) electrons. The molecule has 3 N–H and O–H groups in total. The normalized spacial score (nSPS) is 18.6. The Morgan fingerprint density at radius 3 is 2.75 bits per heavy atom. The van der Waals surface area contributed by atoms with Crippen molar-refractivity contribution in [2.24, 2.45) is 0 Å². The molecule has 2 aromatic carbocycles. The van der Waals surface area contributed by atoms with Crippen molar-refractivity contribution in [1.82, 2.24) is 9.97 Å². The summed E-state index contributed by atoms with van der Waals surface area (Å²) in [6.07, 6.45) is 0.367. The number of imidazole rings is 1. The average molecular weight is 266 g/mol. The number of aromatic amines is 2. The van der Waals surface area contributed by atoms with E-state index < -0.39 is 6.10 Å². The van der Waals surface area contributed by atoms with Gasteiger partial charge in [-0.05, 0) is 35.2 Å². The molecule has 4 rings (SSSR count). The van der Waals surface area contributed by atoms with E-state index in [4.69, 9.17) is 0 Å². The summed E-state index contributed by atoms with van der Waals surface area (Å²) in [6, 6.07) is 13.8. The highest BCUT2D eigenvalue weighted by Gasteiger charge is 2.32. The number of aliphatic hydroxyl groups excluding tert-OH is 1. The molecule has 2 atom stereocenters. The van der Waals surface area contributed by atoms with Gasteiger partial charge in [-0.25, -0.2) is 4.79 Å². The fourth-order valence-electron chi connectivity index (χ4n) is 3.05. The monoisotopic (exact) mass is 266 g/mol. The molecule has 1 aliphatic carbocycles. The van der Waals surface area contributed by atoms with Crippen LogP contribution in [-0.2, 0) is 6.42 Å². The second-order valence-electron chi connectivity index (χ2n) is 5.34. The van der Waals surface area contributed by atoms with Gasteiger partial charge in [0.25, 0.3) is 0 Å². The molecule has 4 heteroatoms. The van der Waals surface area contributed by atoms with Crippen LogP contribution in [0.2, 0.25) is 0 Å². The van der Waals surface area contributed by atoms with E-state index in [-0.39, 0.29) is 11.6 Å². The van der Waals surface area contributed by atoms with Crippen LogP contribution in [0.3, 0.4) is 0 Å². The number of benzene rings is 2. The first kappa shape index (κ1) is 11.5. The maximum atomic E-state index is 11.3. The molecule has 3 aromatic rings. The van der Waals surface area contributed by atoms with Crippen molar-refractivity contribution >= 4 is 11.0 Å². The van der Waals surface area contributed by atoms with E-state index >= 15 is 0 Å². The highest BCUT2D eigenvalue weighted by atomic mass is 16.3. The van der Waals surface area contributed by atoms with Crippen LogP contribution >= 0.6 is 0 Å². The van der Waals surface area contributed by atoms with Gasteiger partial charge in [-0.1, -0.05) is 30.3 Å². The van der Waals surface area contributed by atoms with Gasteiger partial charge in [0.1, 0.15) is 0 Å². The lowest BCUT2D eigenvalue weighted by atomic mass is 9.73. The van der Waals surface area contributed by atoms with Crippen molar-refractivity contribution in [3.05, 3.63) is 69.6 Å². The molecule has 2 unspecified atom stereocenters. The Kier molecular flexibility index (Phi) is 2.35. The Morgan fingerprint density at radius 1 is 1.10 bits per heavy atom. The smallest absolute Gasteiger partial charge is 0.323 e. The Morgan fingerprint density at radius 2 is 1.90 bits per heavy atom. The molecular weight excluding hydrogens is 252 g/mol. The highest BCUT2D eigenvalue weighted by molar-refractivity contribution is 5.75. The quantitative estimate of drug-likeness (QED) is 0.665. The largest absolute Gasteiger partial charge is 0.388 e. The standard InChI is InChI=1S/C16H14N2O2/c19-15(12-7-9-3-1-2-4-11(9)12)10-5-6-13-14(8-10)18-16(20)17-13/h1-6,8,12,15,19H,7H2,(H2,17,18,20). The second kappa shape index (κ2) is 4.08. The molecule has 0 spiro atoms. The summed E-state index contributed by atoms with van der Waals surface area (Å²) in [5.41, 5.74) is 4.65. The molecule has 20 heavy (non-hydrogen) atoms. The molecule has 0 saturated carbocycles. The molecule has 0 aliphatic heterocycles. The Bertz CT molecular complexity index is 847. The minimum absolute atomic E-state index is 0.148. The molecule has 0 amide bonds. The molecule has 0 bridgehead atoms. The van der Waals surface area contributed by atoms with Gasteiger partial charge < -0.3 is 15.1 Å². The fraction of sp³-hybridized carbons (Fsp3) is 0.188. The van der Waals surface area contributed by atoms with Crippen molar-refractivity contribution in [3.8, 4) is 0 Å². The van der Waals surface area contributed by atoms with Crippen LogP contribution in [0.25, 0.3) is 11.0 Å². The number of fused-ring (bicyclic) bond motifs is 2. The summed E-state index contributed by atoms with van der Waals surface area (Å²) in [7, 11) is 0. The molecule has 1 aromatic heterocycles. The van der Waals surface area contributed by atoms with Gasteiger partial charge in [-0.15, -0.1) is 0 Å². The van der Waals surface area contributed by atoms with Crippen molar-refractivity contribution in [1.29, 1.82) is 0 Å². The van der Waals surface area contributed by atoms with Gasteiger partial charge in [0, 0.05) is 5.92 Å². The molecular formula is C16H14N2O2. The average Bonchev–Trinajstić information content (AvgIpc) is 2.79. The van der Waals surface area contributed by atoms with Gasteiger partial charge in [-0.2, -0.15) is 0 Å². The van der Waals surface area contributed by atoms with Crippen LogP contribution < -0.4 is 5.69 Å². The summed E-state index contributed by atoms with van der Waals surface area (Å²) in [5.74, 6) is 0.148. The third-order valence-corrected chi connectivity index (χ3v) is 4.16. The zero-order valence-corrected chi connectivity index (χ0v) is 10.8. The first-order valence-electron chi connectivity index (χ1n) is 6.70. The van der Waals surface area contributed by atoms with E-state index in [2.05, 4.69) is 22.1 Å². The molecule has 1 heterocycles. The van der Waals surface area contributed by atoms with Gasteiger partial charge in [0.2, 0.25) is 0 Å². The number of hydrogen-bond acceptors (Lipinski definition) is 2. The maximum absolute atomic E-state index is 11.3. The number of rotatable bonds is 2. The summed E-state index contributed by atoms with van der Waals surface area (Å²) < 4.78 is 0. The summed E-state index contributed by atoms with van der Waals surface area (Å²) in [6.45, 7) is 0. The minimum atomic E-state index is -0.535. The molecule has 1 aliphatic rings. The minimum Gasteiger partial charge on any atom is -0.388 e. The van der Waals surface area contributed by atoms with Gasteiger partial charge in [0.05, 0.1) is 17.1 Å². The van der Waals surface area contributed by atoms with Crippen LogP contribution in [0.4, 0.5) is 0 Å². The van der Waals surface area contributed by atoms with Crippen molar-refractivity contribution < 1.29 is 5.11 Å². The summed E-state index contributed by atoms with van der Waals surface area (Å²) >= 11 is 0. The van der Waals surface area contributed by atoms with Crippen LogP contribution in [-0.4, -0.2) is 15.1 Å². The summed E-state index contributed by atoms with van der Waals surface area (Å²) in [4.78, 5) is 16.7. The number of hydrogen-bond donors (Lipinski definition) is 3. The predicted molar refractivity (Wildman–Crippen MR) is 76.8 cm³/mol. The van der Waals surface area contributed by atoms with E-state index in [1.54, 1.807) is 0 Å². The van der Waals surface area contributed by atoms with E-state index in [9.17, 15) is 9.90 Å². The maximum Gasteiger partial charge on any atom is 0.323 e. The summed E-state index contributed by atoms with van der Waals surface area (Å²) in [5, 5.41) is 10.6. The van der Waals surface area contributed by atoms with Gasteiger partial charge in [-0.3, -0.25) is 0 Å². The van der Waals surface area contributed by atoms with Crippen LogP contribution in [0.15, 0.2) is 47.3 Å². The van der Waals surface area contributed by atoms with Gasteiger partial charge >= 0.3 is 5.69 Å². The number of nitrogens with one attached hydrogen (secondary N) is 2. The first-order chi connectivity index (χ1) is 9.72.